The van der Waals surface area contributed by atoms with Crippen LogP contribution in [0.5, 0.6) is 0 Å². The average Bonchev–Trinajstić information content (AvgIpc) is 3.29. The van der Waals surface area contributed by atoms with Gasteiger partial charge in [-0.3, -0.25) is 9.59 Å². The molecule has 2 aromatic heterocycles. The smallest absolute Gasteiger partial charge is 0.289 e. The number of rotatable bonds is 3. The number of fused-ring (bicyclic) bond motifs is 1. The minimum Gasteiger partial charge on any atom is -0.459 e. The third-order valence-electron chi connectivity index (χ3n) is 4.67. The highest BCUT2D eigenvalue weighted by Gasteiger charge is 2.26. The first-order chi connectivity index (χ1) is 12.6. The van der Waals surface area contributed by atoms with Crippen LogP contribution in [-0.2, 0) is 11.2 Å². The molecule has 0 unspecified atom stereocenters. The molecule has 3 heterocycles. The van der Waals surface area contributed by atoms with Gasteiger partial charge in [-0.05, 0) is 36.8 Å². The van der Waals surface area contributed by atoms with Crippen molar-refractivity contribution in [3.8, 4) is 0 Å². The maximum atomic E-state index is 12.6. The largest absolute Gasteiger partial charge is 0.459 e. The second kappa shape index (κ2) is 6.67. The number of nitrogens with zero attached hydrogens (tertiary/aromatic N) is 3. The molecule has 3 aromatic rings. The number of piperazine rings is 1. The number of nitrogens with one attached hydrogen (secondary N) is 1. The number of aromatic amines is 1. The van der Waals surface area contributed by atoms with Crippen LogP contribution in [-0.4, -0.2) is 57.8 Å². The molecule has 4 rings (SSSR count). The lowest BCUT2D eigenvalue weighted by Crippen LogP contribution is -2.50. The molecule has 1 aromatic carbocycles. The van der Waals surface area contributed by atoms with Gasteiger partial charge in [-0.15, -0.1) is 0 Å². The SMILES string of the molecule is Cc1nc2ccc(CC(=O)N3CCN(C(=O)c4ccco4)CC3)cc2[nH]1. The number of amides is 2. The molecular formula is C19H20N4O3. The first-order valence-electron chi connectivity index (χ1n) is 8.66. The Morgan fingerprint density at radius 1 is 1.15 bits per heavy atom. The van der Waals surface area contributed by atoms with Crippen molar-refractivity contribution < 1.29 is 14.0 Å². The van der Waals surface area contributed by atoms with E-state index >= 15 is 0 Å². The van der Waals surface area contributed by atoms with Crippen LogP contribution in [0.25, 0.3) is 11.0 Å². The molecule has 0 atom stereocenters. The monoisotopic (exact) mass is 352 g/mol. The van der Waals surface area contributed by atoms with Crippen LogP contribution >= 0.6 is 0 Å². The van der Waals surface area contributed by atoms with Crippen molar-refractivity contribution in [1.82, 2.24) is 19.8 Å². The van der Waals surface area contributed by atoms with Gasteiger partial charge in [0.05, 0.1) is 23.7 Å². The maximum Gasteiger partial charge on any atom is 0.289 e. The second-order valence-electron chi connectivity index (χ2n) is 6.50. The topological polar surface area (TPSA) is 82.4 Å². The number of imidazole rings is 1. The predicted octanol–water partition coefficient (Wildman–Crippen LogP) is 1.99. The number of carbonyl (C=O) groups is 2. The molecule has 1 fully saturated rings. The number of hydrogen-bond acceptors (Lipinski definition) is 4. The molecule has 1 saturated heterocycles. The third-order valence-corrected chi connectivity index (χ3v) is 4.67. The quantitative estimate of drug-likeness (QED) is 0.781. The fourth-order valence-corrected chi connectivity index (χ4v) is 3.30. The number of furan rings is 1. The second-order valence-corrected chi connectivity index (χ2v) is 6.50. The highest BCUT2D eigenvalue weighted by Crippen LogP contribution is 2.15. The first-order valence-corrected chi connectivity index (χ1v) is 8.66. The van der Waals surface area contributed by atoms with Crippen molar-refractivity contribution in [1.29, 1.82) is 0 Å². The van der Waals surface area contributed by atoms with Gasteiger partial charge in [0.1, 0.15) is 5.82 Å². The van der Waals surface area contributed by atoms with Gasteiger partial charge in [-0.25, -0.2) is 4.98 Å². The Labute approximate surface area is 150 Å². The van der Waals surface area contributed by atoms with Gasteiger partial charge >= 0.3 is 0 Å². The minimum atomic E-state index is -0.123. The summed E-state index contributed by atoms with van der Waals surface area (Å²) in [5, 5.41) is 0. The molecular weight excluding hydrogens is 332 g/mol. The number of carbonyl (C=O) groups excluding carboxylic acids is 2. The fraction of sp³-hybridized carbons (Fsp3) is 0.316. The normalized spacial score (nSPS) is 14.8. The van der Waals surface area contributed by atoms with Gasteiger partial charge in [0, 0.05) is 26.2 Å². The number of aromatic nitrogens is 2. The zero-order chi connectivity index (χ0) is 18.1. The van der Waals surface area contributed by atoms with Crippen molar-refractivity contribution in [3.05, 3.63) is 53.7 Å². The lowest BCUT2D eigenvalue weighted by atomic mass is 10.1. The van der Waals surface area contributed by atoms with Gasteiger partial charge < -0.3 is 19.2 Å². The van der Waals surface area contributed by atoms with Gasteiger partial charge in [-0.2, -0.15) is 0 Å². The Bertz CT molecular complexity index is 937. The lowest BCUT2D eigenvalue weighted by Gasteiger charge is -2.34. The molecule has 0 aliphatic carbocycles. The van der Waals surface area contributed by atoms with E-state index in [2.05, 4.69) is 9.97 Å². The van der Waals surface area contributed by atoms with Gasteiger partial charge in [0.2, 0.25) is 5.91 Å². The summed E-state index contributed by atoms with van der Waals surface area (Å²) in [6, 6.07) is 9.21. The van der Waals surface area contributed by atoms with E-state index in [1.165, 1.54) is 6.26 Å². The maximum absolute atomic E-state index is 12.6. The number of H-pyrrole nitrogens is 1. The minimum absolute atomic E-state index is 0.0747. The first kappa shape index (κ1) is 16.4. The number of hydrogen-bond donors (Lipinski definition) is 1. The molecule has 1 aliphatic rings. The highest BCUT2D eigenvalue weighted by atomic mass is 16.3. The van der Waals surface area contributed by atoms with E-state index < -0.39 is 0 Å². The van der Waals surface area contributed by atoms with Crippen molar-refractivity contribution in [3.63, 3.8) is 0 Å². The zero-order valence-electron chi connectivity index (χ0n) is 14.6. The highest BCUT2D eigenvalue weighted by molar-refractivity contribution is 5.91. The standard InChI is InChI=1S/C19H20N4O3/c1-13-20-15-5-4-14(11-16(15)21-13)12-18(24)22-6-8-23(9-7-22)19(25)17-3-2-10-26-17/h2-5,10-11H,6-9,12H2,1H3,(H,20,21). The molecule has 0 spiro atoms. The zero-order valence-corrected chi connectivity index (χ0v) is 14.6. The van der Waals surface area contributed by atoms with Crippen LogP contribution in [0.3, 0.4) is 0 Å². The Hall–Kier alpha value is -3.09. The van der Waals surface area contributed by atoms with E-state index in [9.17, 15) is 9.59 Å². The van der Waals surface area contributed by atoms with E-state index in [4.69, 9.17) is 4.42 Å². The summed E-state index contributed by atoms with van der Waals surface area (Å²) < 4.78 is 5.16. The van der Waals surface area contributed by atoms with Crippen LogP contribution in [0.2, 0.25) is 0 Å². The summed E-state index contributed by atoms with van der Waals surface area (Å²) in [5.74, 6) is 1.15. The number of aryl methyl sites for hydroxylation is 1. The molecule has 0 saturated carbocycles. The van der Waals surface area contributed by atoms with E-state index in [0.29, 0.717) is 38.4 Å². The number of benzene rings is 1. The van der Waals surface area contributed by atoms with Crippen LogP contribution in [0.1, 0.15) is 21.9 Å². The molecule has 0 bridgehead atoms. The summed E-state index contributed by atoms with van der Waals surface area (Å²) >= 11 is 0. The fourth-order valence-electron chi connectivity index (χ4n) is 3.30. The average molecular weight is 352 g/mol. The van der Waals surface area contributed by atoms with Gasteiger partial charge in [0.15, 0.2) is 5.76 Å². The van der Waals surface area contributed by atoms with E-state index in [1.54, 1.807) is 17.0 Å². The third kappa shape index (κ3) is 3.20. The Kier molecular flexibility index (Phi) is 4.20. The molecule has 1 N–H and O–H groups in total. The van der Waals surface area contributed by atoms with Gasteiger partial charge in [0.25, 0.3) is 5.91 Å². The predicted molar refractivity (Wildman–Crippen MR) is 95.7 cm³/mol. The van der Waals surface area contributed by atoms with Gasteiger partial charge in [-0.1, -0.05) is 6.07 Å². The van der Waals surface area contributed by atoms with Crippen LogP contribution < -0.4 is 0 Å². The van der Waals surface area contributed by atoms with E-state index in [0.717, 1.165) is 22.4 Å². The molecule has 0 radical (unpaired) electrons. The summed E-state index contributed by atoms with van der Waals surface area (Å²) in [6.07, 6.45) is 1.84. The molecule has 7 heteroatoms. The summed E-state index contributed by atoms with van der Waals surface area (Å²) in [5.41, 5.74) is 2.81. The Morgan fingerprint density at radius 3 is 2.65 bits per heavy atom. The summed E-state index contributed by atoms with van der Waals surface area (Å²) in [6.45, 7) is 4.02. The molecule has 1 aliphatic heterocycles. The Balaban J connectivity index is 1.36. The van der Waals surface area contributed by atoms with Crippen molar-refractivity contribution >= 4 is 22.8 Å². The lowest BCUT2D eigenvalue weighted by molar-refractivity contribution is -0.131. The Morgan fingerprint density at radius 2 is 1.92 bits per heavy atom. The molecule has 2 amide bonds. The summed E-state index contributed by atoms with van der Waals surface area (Å²) in [4.78, 5) is 36.0. The summed E-state index contributed by atoms with van der Waals surface area (Å²) in [7, 11) is 0. The molecule has 134 valence electrons. The van der Waals surface area contributed by atoms with Crippen LogP contribution in [0.4, 0.5) is 0 Å². The van der Waals surface area contributed by atoms with Crippen LogP contribution in [0.15, 0.2) is 41.0 Å². The van der Waals surface area contributed by atoms with E-state index in [1.807, 2.05) is 30.0 Å². The molecule has 26 heavy (non-hydrogen) atoms. The van der Waals surface area contributed by atoms with Crippen molar-refractivity contribution in [2.75, 3.05) is 26.2 Å². The molecule has 7 nitrogen and oxygen atoms in total. The van der Waals surface area contributed by atoms with Crippen molar-refractivity contribution in [2.45, 2.75) is 13.3 Å². The van der Waals surface area contributed by atoms with E-state index in [-0.39, 0.29) is 11.8 Å². The van der Waals surface area contributed by atoms with Crippen molar-refractivity contribution in [2.24, 2.45) is 0 Å². The van der Waals surface area contributed by atoms with Crippen LogP contribution in [0, 0.1) is 6.92 Å².